The molecule has 0 amide bonds. The summed E-state index contributed by atoms with van der Waals surface area (Å²) in [5, 5.41) is 11.8. The first-order valence-corrected chi connectivity index (χ1v) is 5.17. The number of hydrogen-bond donors (Lipinski definition) is 1. The summed E-state index contributed by atoms with van der Waals surface area (Å²) in [4.78, 5) is 0. The molecule has 1 N–H and O–H groups in total. The fourth-order valence-corrected chi connectivity index (χ4v) is 1.38. The van der Waals surface area contributed by atoms with E-state index >= 15 is 0 Å². The van der Waals surface area contributed by atoms with Crippen molar-refractivity contribution in [3.05, 3.63) is 46.7 Å². The third-order valence-corrected chi connectivity index (χ3v) is 2.52. The van der Waals surface area contributed by atoms with E-state index in [-0.39, 0.29) is 5.82 Å². The number of nitrogens with zero attached hydrogens (tertiary/aromatic N) is 1. The molecular formula is C11H10BrFN2. The molecule has 0 aliphatic carbocycles. The van der Waals surface area contributed by atoms with Crippen molar-refractivity contribution in [1.82, 2.24) is 5.32 Å². The average molecular weight is 269 g/mol. The van der Waals surface area contributed by atoms with Crippen LogP contribution in [-0.2, 0) is 0 Å². The molecule has 1 aromatic rings. The van der Waals surface area contributed by atoms with Gasteiger partial charge in [0.15, 0.2) is 0 Å². The van der Waals surface area contributed by atoms with Gasteiger partial charge in [-0.05, 0) is 33.6 Å². The lowest BCUT2D eigenvalue weighted by Crippen LogP contribution is -2.19. The van der Waals surface area contributed by atoms with Crippen LogP contribution < -0.4 is 5.32 Å². The van der Waals surface area contributed by atoms with Crippen molar-refractivity contribution in [2.45, 2.75) is 6.04 Å². The Morgan fingerprint density at radius 3 is 2.93 bits per heavy atom. The number of nitriles is 1. The Labute approximate surface area is 96.5 Å². The highest BCUT2D eigenvalue weighted by Gasteiger charge is 2.10. The normalized spacial score (nSPS) is 11.8. The van der Waals surface area contributed by atoms with Gasteiger partial charge < -0.3 is 0 Å². The van der Waals surface area contributed by atoms with Crippen LogP contribution in [0.2, 0.25) is 0 Å². The van der Waals surface area contributed by atoms with Crippen LogP contribution in [0, 0.1) is 17.1 Å². The van der Waals surface area contributed by atoms with Crippen molar-refractivity contribution in [1.29, 1.82) is 5.26 Å². The summed E-state index contributed by atoms with van der Waals surface area (Å²) in [7, 11) is 0. The molecule has 0 aliphatic rings. The largest absolute Gasteiger partial charge is 0.295 e. The van der Waals surface area contributed by atoms with E-state index in [4.69, 9.17) is 5.26 Å². The van der Waals surface area contributed by atoms with E-state index in [9.17, 15) is 4.39 Å². The molecule has 2 nitrogen and oxygen atoms in total. The Hall–Kier alpha value is -1.18. The Kier molecular flexibility index (Phi) is 4.47. The predicted octanol–water partition coefficient (Wildman–Crippen LogP) is 2.93. The van der Waals surface area contributed by atoms with Gasteiger partial charge in [-0.2, -0.15) is 5.26 Å². The molecule has 0 saturated carbocycles. The highest BCUT2D eigenvalue weighted by Crippen LogP contribution is 2.20. The van der Waals surface area contributed by atoms with E-state index in [1.54, 1.807) is 18.2 Å². The minimum atomic E-state index is -0.509. The van der Waals surface area contributed by atoms with E-state index in [0.29, 0.717) is 16.6 Å². The molecule has 1 atom stereocenters. The van der Waals surface area contributed by atoms with Crippen molar-refractivity contribution in [2.75, 3.05) is 6.54 Å². The van der Waals surface area contributed by atoms with Gasteiger partial charge in [0.25, 0.3) is 0 Å². The first-order chi connectivity index (χ1) is 7.19. The maximum Gasteiger partial charge on any atom is 0.137 e. The molecule has 78 valence electrons. The number of hydrogen-bond acceptors (Lipinski definition) is 2. The lowest BCUT2D eigenvalue weighted by atomic mass is 10.1. The lowest BCUT2D eigenvalue weighted by molar-refractivity contribution is 0.610. The quantitative estimate of drug-likeness (QED) is 0.853. The van der Waals surface area contributed by atoms with E-state index in [2.05, 4.69) is 33.9 Å². The maximum atomic E-state index is 13.2. The summed E-state index contributed by atoms with van der Waals surface area (Å²) < 4.78 is 13.6. The predicted molar refractivity (Wildman–Crippen MR) is 60.7 cm³/mol. The lowest BCUT2D eigenvalue weighted by Gasteiger charge is -2.10. The monoisotopic (exact) mass is 268 g/mol. The number of rotatable bonds is 4. The van der Waals surface area contributed by atoms with Gasteiger partial charge in [-0.25, -0.2) is 4.39 Å². The van der Waals surface area contributed by atoms with E-state index in [1.807, 2.05) is 0 Å². The standard InChI is InChI=1S/C11H10BrFN2/c1-2-5-15-11(7-14)8-3-4-9(12)10(13)6-8/h2-4,6,11,15H,1,5H2. The minimum absolute atomic E-state index is 0.367. The van der Waals surface area contributed by atoms with E-state index in [0.717, 1.165) is 0 Å². The Morgan fingerprint density at radius 1 is 1.67 bits per heavy atom. The Balaban J connectivity index is 2.88. The highest BCUT2D eigenvalue weighted by atomic mass is 79.9. The minimum Gasteiger partial charge on any atom is -0.295 e. The first kappa shape index (κ1) is 11.9. The average Bonchev–Trinajstić information content (AvgIpc) is 2.24. The molecular weight excluding hydrogens is 259 g/mol. The van der Waals surface area contributed by atoms with Gasteiger partial charge in [0.05, 0.1) is 10.5 Å². The molecule has 15 heavy (non-hydrogen) atoms. The highest BCUT2D eigenvalue weighted by molar-refractivity contribution is 9.10. The molecule has 1 aromatic carbocycles. The molecule has 0 heterocycles. The molecule has 0 fully saturated rings. The number of benzene rings is 1. The van der Waals surface area contributed by atoms with Crippen LogP contribution in [0.15, 0.2) is 35.3 Å². The summed E-state index contributed by atoms with van der Waals surface area (Å²) in [6.07, 6.45) is 1.65. The van der Waals surface area contributed by atoms with Crippen LogP contribution >= 0.6 is 15.9 Å². The Bertz CT molecular complexity index is 398. The van der Waals surface area contributed by atoms with Crippen molar-refractivity contribution in [3.63, 3.8) is 0 Å². The van der Waals surface area contributed by atoms with Crippen molar-refractivity contribution in [2.24, 2.45) is 0 Å². The van der Waals surface area contributed by atoms with Crippen LogP contribution in [0.4, 0.5) is 4.39 Å². The summed E-state index contributed by atoms with van der Waals surface area (Å²) in [5.41, 5.74) is 0.611. The van der Waals surface area contributed by atoms with Crippen LogP contribution in [0.5, 0.6) is 0 Å². The molecule has 1 unspecified atom stereocenters. The summed E-state index contributed by atoms with van der Waals surface area (Å²) in [6.45, 7) is 4.05. The van der Waals surface area contributed by atoms with Crippen molar-refractivity contribution >= 4 is 15.9 Å². The molecule has 4 heteroatoms. The van der Waals surface area contributed by atoms with Crippen molar-refractivity contribution < 1.29 is 4.39 Å². The first-order valence-electron chi connectivity index (χ1n) is 4.38. The number of halogens is 2. The molecule has 0 aliphatic heterocycles. The smallest absolute Gasteiger partial charge is 0.137 e. The number of nitrogens with one attached hydrogen (secondary N) is 1. The molecule has 0 spiro atoms. The topological polar surface area (TPSA) is 35.8 Å². The summed E-state index contributed by atoms with van der Waals surface area (Å²) >= 11 is 3.06. The van der Waals surface area contributed by atoms with Gasteiger partial charge in [0.1, 0.15) is 11.9 Å². The fourth-order valence-electron chi connectivity index (χ4n) is 1.13. The van der Waals surface area contributed by atoms with E-state index < -0.39 is 6.04 Å². The molecule has 0 bridgehead atoms. The summed E-state index contributed by atoms with van der Waals surface area (Å²) in [5.74, 6) is -0.367. The fraction of sp³-hybridized carbons (Fsp3) is 0.182. The summed E-state index contributed by atoms with van der Waals surface area (Å²) in [6, 6.07) is 6.18. The zero-order chi connectivity index (χ0) is 11.3. The van der Waals surface area contributed by atoms with E-state index in [1.165, 1.54) is 6.07 Å². The Morgan fingerprint density at radius 2 is 2.40 bits per heavy atom. The zero-order valence-electron chi connectivity index (χ0n) is 8.00. The van der Waals surface area contributed by atoms with Gasteiger partial charge in [-0.15, -0.1) is 6.58 Å². The van der Waals surface area contributed by atoms with Gasteiger partial charge in [-0.3, -0.25) is 5.32 Å². The maximum absolute atomic E-state index is 13.2. The molecule has 1 rings (SSSR count). The second-order valence-corrected chi connectivity index (χ2v) is 3.79. The van der Waals surface area contributed by atoms with Crippen LogP contribution in [0.25, 0.3) is 0 Å². The third-order valence-electron chi connectivity index (χ3n) is 1.87. The van der Waals surface area contributed by atoms with Crippen LogP contribution in [-0.4, -0.2) is 6.54 Å². The van der Waals surface area contributed by atoms with Crippen LogP contribution in [0.3, 0.4) is 0 Å². The SMILES string of the molecule is C=CCNC(C#N)c1ccc(Br)c(F)c1. The second-order valence-electron chi connectivity index (χ2n) is 2.93. The van der Waals surface area contributed by atoms with Gasteiger partial charge in [0, 0.05) is 6.54 Å². The van der Waals surface area contributed by atoms with Gasteiger partial charge in [-0.1, -0.05) is 12.1 Å². The zero-order valence-corrected chi connectivity index (χ0v) is 9.59. The van der Waals surface area contributed by atoms with Gasteiger partial charge in [0.2, 0.25) is 0 Å². The van der Waals surface area contributed by atoms with Gasteiger partial charge >= 0.3 is 0 Å². The molecule has 0 radical (unpaired) electrons. The second kappa shape index (κ2) is 5.64. The molecule has 0 aromatic heterocycles. The van der Waals surface area contributed by atoms with Crippen LogP contribution in [0.1, 0.15) is 11.6 Å². The van der Waals surface area contributed by atoms with Crippen molar-refractivity contribution in [3.8, 4) is 6.07 Å². The third kappa shape index (κ3) is 3.15. The molecule has 0 saturated heterocycles.